The molecule has 0 spiro atoms. The number of hydrogen-bond donors (Lipinski definition) is 2. The van der Waals surface area contributed by atoms with Gasteiger partial charge in [0, 0.05) is 12.1 Å². The van der Waals surface area contributed by atoms with Crippen molar-refractivity contribution in [2.75, 3.05) is 19.5 Å². The van der Waals surface area contributed by atoms with E-state index >= 15 is 0 Å². The predicted molar refractivity (Wildman–Crippen MR) is 103 cm³/mol. The highest BCUT2D eigenvalue weighted by Gasteiger charge is 2.20. The van der Waals surface area contributed by atoms with Gasteiger partial charge in [0.2, 0.25) is 0 Å². The highest BCUT2D eigenvalue weighted by atomic mass is 35.5. The van der Waals surface area contributed by atoms with Gasteiger partial charge < -0.3 is 20.1 Å². The number of rotatable bonds is 6. The van der Waals surface area contributed by atoms with Crippen LogP contribution >= 0.6 is 11.6 Å². The molecule has 2 aromatic rings. The summed E-state index contributed by atoms with van der Waals surface area (Å²) in [5, 5.41) is 15.7. The molecule has 0 aliphatic heterocycles. The van der Waals surface area contributed by atoms with E-state index in [9.17, 15) is 19.7 Å². The SMILES string of the molecule is COc1ccc(C(C)NC(=O)C(=O)Nc2cc([N+](=O)[O-])ccc2Cl)cc1OC. The standard InChI is InChI=1S/C18H18ClN3O6/c1-10(11-4-7-15(27-2)16(8-11)28-3)20-17(23)18(24)21-14-9-12(22(25)26)5-6-13(14)19/h4-10H,1-3H3,(H,20,23)(H,21,24). The fourth-order valence-corrected chi connectivity index (χ4v) is 2.53. The average Bonchev–Trinajstić information content (AvgIpc) is 2.68. The number of nitro groups is 1. The Labute approximate surface area is 165 Å². The van der Waals surface area contributed by atoms with Gasteiger partial charge in [-0.1, -0.05) is 17.7 Å². The van der Waals surface area contributed by atoms with Gasteiger partial charge in [0.25, 0.3) is 5.69 Å². The van der Waals surface area contributed by atoms with Gasteiger partial charge in [-0.3, -0.25) is 19.7 Å². The minimum Gasteiger partial charge on any atom is -0.493 e. The highest BCUT2D eigenvalue weighted by molar-refractivity contribution is 6.41. The van der Waals surface area contributed by atoms with E-state index in [1.165, 1.54) is 26.4 Å². The summed E-state index contributed by atoms with van der Waals surface area (Å²) in [7, 11) is 2.99. The van der Waals surface area contributed by atoms with Crippen LogP contribution in [0, 0.1) is 10.1 Å². The van der Waals surface area contributed by atoms with Crippen LogP contribution in [0.1, 0.15) is 18.5 Å². The highest BCUT2D eigenvalue weighted by Crippen LogP contribution is 2.30. The summed E-state index contributed by atoms with van der Waals surface area (Å²) in [6, 6.07) is 8.10. The number of amides is 2. The number of halogens is 1. The zero-order valence-electron chi connectivity index (χ0n) is 15.3. The van der Waals surface area contributed by atoms with Crippen LogP contribution in [0.25, 0.3) is 0 Å². The number of ether oxygens (including phenoxy) is 2. The summed E-state index contributed by atoms with van der Waals surface area (Å²) in [6.45, 7) is 1.69. The van der Waals surface area contributed by atoms with Gasteiger partial charge in [-0.15, -0.1) is 0 Å². The first-order valence-electron chi connectivity index (χ1n) is 8.04. The summed E-state index contributed by atoms with van der Waals surface area (Å²) in [4.78, 5) is 34.5. The quantitative estimate of drug-likeness (QED) is 0.431. The van der Waals surface area contributed by atoms with Crippen molar-refractivity contribution in [3.63, 3.8) is 0 Å². The van der Waals surface area contributed by atoms with Crippen molar-refractivity contribution in [2.24, 2.45) is 0 Å². The van der Waals surface area contributed by atoms with Gasteiger partial charge in [0.1, 0.15) is 0 Å². The van der Waals surface area contributed by atoms with Crippen molar-refractivity contribution >= 4 is 34.8 Å². The number of nitrogens with one attached hydrogen (secondary N) is 2. The molecular formula is C18H18ClN3O6. The molecule has 0 saturated heterocycles. The van der Waals surface area contributed by atoms with Gasteiger partial charge in [-0.2, -0.15) is 0 Å². The first kappa shape index (κ1) is 21.0. The molecule has 0 heterocycles. The van der Waals surface area contributed by atoms with Crippen molar-refractivity contribution in [2.45, 2.75) is 13.0 Å². The monoisotopic (exact) mass is 407 g/mol. The third-order valence-electron chi connectivity index (χ3n) is 3.87. The lowest BCUT2D eigenvalue weighted by Gasteiger charge is -2.16. The van der Waals surface area contributed by atoms with E-state index in [0.717, 1.165) is 6.07 Å². The predicted octanol–water partition coefficient (Wildman–Crippen LogP) is 3.08. The lowest BCUT2D eigenvalue weighted by Crippen LogP contribution is -2.37. The molecule has 9 nitrogen and oxygen atoms in total. The van der Waals surface area contributed by atoms with Crippen molar-refractivity contribution in [1.82, 2.24) is 5.32 Å². The van der Waals surface area contributed by atoms with Gasteiger partial charge in [-0.25, -0.2) is 0 Å². The number of methoxy groups -OCH3 is 2. The third-order valence-corrected chi connectivity index (χ3v) is 4.20. The van der Waals surface area contributed by atoms with E-state index in [1.54, 1.807) is 25.1 Å². The molecular weight excluding hydrogens is 390 g/mol. The van der Waals surface area contributed by atoms with E-state index in [2.05, 4.69) is 10.6 Å². The van der Waals surface area contributed by atoms with E-state index in [1.807, 2.05) is 0 Å². The number of benzene rings is 2. The van der Waals surface area contributed by atoms with Gasteiger partial charge in [-0.05, 0) is 30.7 Å². The molecule has 1 atom stereocenters. The molecule has 28 heavy (non-hydrogen) atoms. The van der Waals surface area contributed by atoms with Crippen LogP contribution in [0.2, 0.25) is 5.02 Å². The number of carbonyl (C=O) groups is 2. The Morgan fingerprint density at radius 3 is 2.36 bits per heavy atom. The van der Waals surface area contributed by atoms with Crippen molar-refractivity contribution in [3.05, 3.63) is 57.1 Å². The Morgan fingerprint density at radius 1 is 1.07 bits per heavy atom. The molecule has 2 N–H and O–H groups in total. The Hall–Kier alpha value is -3.33. The minimum absolute atomic E-state index is 0.0326. The summed E-state index contributed by atoms with van der Waals surface area (Å²) in [5.41, 5.74) is 0.390. The number of nitrogens with zero attached hydrogens (tertiary/aromatic N) is 1. The number of non-ortho nitro benzene ring substituents is 1. The smallest absolute Gasteiger partial charge is 0.313 e. The summed E-state index contributed by atoms with van der Waals surface area (Å²) in [6.07, 6.45) is 0. The van der Waals surface area contributed by atoms with E-state index in [4.69, 9.17) is 21.1 Å². The Balaban J connectivity index is 2.09. The molecule has 0 aliphatic rings. The van der Waals surface area contributed by atoms with Crippen LogP contribution in [-0.4, -0.2) is 31.0 Å². The van der Waals surface area contributed by atoms with Crippen molar-refractivity contribution in [3.8, 4) is 11.5 Å². The average molecular weight is 408 g/mol. The number of hydrogen-bond acceptors (Lipinski definition) is 6. The fourth-order valence-electron chi connectivity index (χ4n) is 2.37. The Morgan fingerprint density at radius 2 is 1.75 bits per heavy atom. The molecule has 0 saturated carbocycles. The number of anilines is 1. The van der Waals surface area contributed by atoms with Crippen LogP contribution in [0.15, 0.2) is 36.4 Å². The minimum atomic E-state index is -1.00. The maximum Gasteiger partial charge on any atom is 0.313 e. The lowest BCUT2D eigenvalue weighted by molar-refractivity contribution is -0.384. The molecule has 148 valence electrons. The second-order valence-corrected chi connectivity index (χ2v) is 6.09. The molecule has 10 heteroatoms. The molecule has 0 bridgehead atoms. The first-order chi connectivity index (χ1) is 13.3. The van der Waals surface area contributed by atoms with Crippen LogP contribution in [0.5, 0.6) is 11.5 Å². The third kappa shape index (κ3) is 4.89. The fraction of sp³-hybridized carbons (Fsp3) is 0.222. The van der Waals surface area contributed by atoms with Gasteiger partial charge in [0.15, 0.2) is 11.5 Å². The normalized spacial score (nSPS) is 11.3. The largest absolute Gasteiger partial charge is 0.493 e. The van der Waals surface area contributed by atoms with Crippen LogP contribution in [0.3, 0.4) is 0 Å². The van der Waals surface area contributed by atoms with Gasteiger partial charge in [0.05, 0.1) is 35.9 Å². The van der Waals surface area contributed by atoms with E-state index in [0.29, 0.717) is 17.1 Å². The molecule has 0 aliphatic carbocycles. The van der Waals surface area contributed by atoms with Crippen LogP contribution < -0.4 is 20.1 Å². The van der Waals surface area contributed by atoms with Crippen molar-refractivity contribution < 1.29 is 24.0 Å². The summed E-state index contributed by atoms with van der Waals surface area (Å²) in [5.74, 6) is -0.920. The molecule has 0 aromatic heterocycles. The van der Waals surface area contributed by atoms with Crippen LogP contribution in [0.4, 0.5) is 11.4 Å². The molecule has 1 unspecified atom stereocenters. The molecule has 0 fully saturated rings. The maximum absolute atomic E-state index is 12.2. The van der Waals surface area contributed by atoms with E-state index in [-0.39, 0.29) is 16.4 Å². The molecule has 2 rings (SSSR count). The lowest BCUT2D eigenvalue weighted by atomic mass is 10.1. The molecule has 2 aromatic carbocycles. The second kappa shape index (κ2) is 9.05. The Kier molecular flexibility index (Phi) is 6.78. The summed E-state index contributed by atoms with van der Waals surface area (Å²) >= 11 is 5.92. The topological polar surface area (TPSA) is 120 Å². The Bertz CT molecular complexity index is 918. The van der Waals surface area contributed by atoms with Gasteiger partial charge >= 0.3 is 11.8 Å². The molecule has 2 amide bonds. The zero-order chi connectivity index (χ0) is 20.8. The van der Waals surface area contributed by atoms with Crippen LogP contribution in [-0.2, 0) is 9.59 Å². The zero-order valence-corrected chi connectivity index (χ0v) is 16.1. The molecule has 0 radical (unpaired) electrons. The van der Waals surface area contributed by atoms with E-state index < -0.39 is 22.8 Å². The number of carbonyl (C=O) groups excluding carboxylic acids is 2. The summed E-state index contributed by atoms with van der Waals surface area (Å²) < 4.78 is 10.4. The second-order valence-electron chi connectivity index (χ2n) is 5.68. The van der Waals surface area contributed by atoms with Crippen molar-refractivity contribution in [1.29, 1.82) is 0 Å². The first-order valence-corrected chi connectivity index (χ1v) is 8.42. The number of nitro benzene ring substituents is 1. The maximum atomic E-state index is 12.2.